The van der Waals surface area contributed by atoms with E-state index in [0.29, 0.717) is 18.2 Å². The SMILES string of the molecule is O=C(C1COc2ccccc2C1)N1CCNCC1c1cccc(Cl)c1. The molecule has 0 aliphatic carbocycles. The number of rotatable bonds is 2. The Morgan fingerprint density at radius 1 is 1.20 bits per heavy atom. The molecule has 1 saturated heterocycles. The van der Waals surface area contributed by atoms with Gasteiger partial charge in [0.25, 0.3) is 0 Å². The summed E-state index contributed by atoms with van der Waals surface area (Å²) in [5.41, 5.74) is 2.19. The number of para-hydroxylation sites is 1. The van der Waals surface area contributed by atoms with Gasteiger partial charge in [-0.1, -0.05) is 41.9 Å². The average Bonchev–Trinajstić information content (AvgIpc) is 2.67. The molecule has 2 aliphatic rings. The first-order chi connectivity index (χ1) is 12.2. The molecule has 4 nitrogen and oxygen atoms in total. The number of piperazine rings is 1. The lowest BCUT2D eigenvalue weighted by atomic mass is 9.93. The Morgan fingerprint density at radius 3 is 2.96 bits per heavy atom. The first-order valence-electron chi connectivity index (χ1n) is 8.70. The highest BCUT2D eigenvalue weighted by Gasteiger charge is 2.34. The zero-order chi connectivity index (χ0) is 17.2. The number of carbonyl (C=O) groups is 1. The van der Waals surface area contributed by atoms with Crippen molar-refractivity contribution in [1.29, 1.82) is 0 Å². The lowest BCUT2D eigenvalue weighted by Gasteiger charge is -2.39. The minimum absolute atomic E-state index is 0.0112. The van der Waals surface area contributed by atoms with Crippen LogP contribution in [0, 0.1) is 5.92 Å². The van der Waals surface area contributed by atoms with Gasteiger partial charge in [0, 0.05) is 24.7 Å². The van der Waals surface area contributed by atoms with Crippen LogP contribution in [0.3, 0.4) is 0 Å². The van der Waals surface area contributed by atoms with Gasteiger partial charge in [-0.3, -0.25) is 4.79 Å². The van der Waals surface area contributed by atoms with Gasteiger partial charge in [0.05, 0.1) is 12.0 Å². The van der Waals surface area contributed by atoms with Crippen molar-refractivity contribution in [3.05, 3.63) is 64.7 Å². The van der Waals surface area contributed by atoms with Crippen LogP contribution in [0.15, 0.2) is 48.5 Å². The average molecular weight is 357 g/mol. The minimum Gasteiger partial charge on any atom is -0.492 e. The van der Waals surface area contributed by atoms with E-state index < -0.39 is 0 Å². The third-order valence-electron chi connectivity index (χ3n) is 4.99. The van der Waals surface area contributed by atoms with Crippen molar-refractivity contribution in [2.75, 3.05) is 26.2 Å². The Bertz CT molecular complexity index is 780. The molecule has 0 bridgehead atoms. The van der Waals surface area contributed by atoms with Crippen molar-refractivity contribution in [1.82, 2.24) is 10.2 Å². The maximum Gasteiger partial charge on any atom is 0.230 e. The standard InChI is InChI=1S/C20H21ClN2O2/c21-17-6-3-5-14(11-17)18-12-22-8-9-23(18)20(24)16-10-15-4-1-2-7-19(15)25-13-16/h1-7,11,16,18,22H,8-10,12-13H2. The highest BCUT2D eigenvalue weighted by Crippen LogP contribution is 2.31. The molecule has 0 spiro atoms. The predicted octanol–water partition coefficient (Wildman–Crippen LogP) is 3.06. The molecule has 5 heteroatoms. The van der Waals surface area contributed by atoms with Crippen molar-refractivity contribution >= 4 is 17.5 Å². The summed E-state index contributed by atoms with van der Waals surface area (Å²) in [4.78, 5) is 15.2. The Kier molecular flexibility index (Phi) is 4.64. The van der Waals surface area contributed by atoms with Gasteiger partial charge >= 0.3 is 0 Å². The number of hydrogen-bond acceptors (Lipinski definition) is 3. The van der Waals surface area contributed by atoms with Crippen LogP contribution in [0.1, 0.15) is 17.2 Å². The largest absolute Gasteiger partial charge is 0.492 e. The number of halogens is 1. The van der Waals surface area contributed by atoms with Crippen molar-refractivity contribution in [2.45, 2.75) is 12.5 Å². The summed E-state index contributed by atoms with van der Waals surface area (Å²) < 4.78 is 5.82. The molecule has 2 heterocycles. The fourth-order valence-electron chi connectivity index (χ4n) is 3.70. The predicted molar refractivity (Wildman–Crippen MR) is 97.9 cm³/mol. The summed E-state index contributed by atoms with van der Waals surface area (Å²) >= 11 is 6.15. The first kappa shape index (κ1) is 16.4. The maximum atomic E-state index is 13.2. The molecule has 0 radical (unpaired) electrons. The molecule has 2 aromatic rings. The number of amides is 1. The third-order valence-corrected chi connectivity index (χ3v) is 5.22. The molecular weight excluding hydrogens is 336 g/mol. The molecule has 130 valence electrons. The van der Waals surface area contributed by atoms with E-state index in [1.807, 2.05) is 53.4 Å². The Hall–Kier alpha value is -2.04. The summed E-state index contributed by atoms with van der Waals surface area (Å²) in [6.45, 7) is 2.71. The number of benzene rings is 2. The molecule has 1 amide bonds. The van der Waals surface area contributed by atoms with E-state index in [0.717, 1.165) is 36.4 Å². The van der Waals surface area contributed by atoms with Gasteiger partial charge in [-0.2, -0.15) is 0 Å². The van der Waals surface area contributed by atoms with Crippen molar-refractivity contribution in [3.8, 4) is 5.75 Å². The van der Waals surface area contributed by atoms with Crippen LogP contribution in [0.4, 0.5) is 0 Å². The summed E-state index contributed by atoms with van der Waals surface area (Å²) in [5, 5.41) is 4.09. The lowest BCUT2D eigenvalue weighted by Crippen LogP contribution is -2.51. The van der Waals surface area contributed by atoms with Gasteiger partial charge in [-0.15, -0.1) is 0 Å². The van der Waals surface area contributed by atoms with E-state index in [9.17, 15) is 4.79 Å². The quantitative estimate of drug-likeness (QED) is 0.899. The molecular formula is C20H21ClN2O2. The number of nitrogens with zero attached hydrogens (tertiary/aromatic N) is 1. The van der Waals surface area contributed by atoms with E-state index in [4.69, 9.17) is 16.3 Å². The lowest BCUT2D eigenvalue weighted by molar-refractivity contribution is -0.140. The zero-order valence-corrected chi connectivity index (χ0v) is 14.7. The van der Waals surface area contributed by atoms with Gasteiger partial charge in [0.2, 0.25) is 5.91 Å². The van der Waals surface area contributed by atoms with Crippen molar-refractivity contribution in [2.24, 2.45) is 5.92 Å². The van der Waals surface area contributed by atoms with E-state index in [1.54, 1.807) is 0 Å². The van der Waals surface area contributed by atoms with Crippen molar-refractivity contribution in [3.63, 3.8) is 0 Å². The smallest absolute Gasteiger partial charge is 0.230 e. The van der Waals surface area contributed by atoms with E-state index in [2.05, 4.69) is 5.32 Å². The van der Waals surface area contributed by atoms with Crippen LogP contribution in [-0.4, -0.2) is 37.0 Å². The van der Waals surface area contributed by atoms with Gasteiger partial charge in [0.1, 0.15) is 12.4 Å². The van der Waals surface area contributed by atoms with Crippen LogP contribution in [-0.2, 0) is 11.2 Å². The molecule has 1 N–H and O–H groups in total. The monoisotopic (exact) mass is 356 g/mol. The Morgan fingerprint density at radius 2 is 2.08 bits per heavy atom. The van der Waals surface area contributed by atoms with Gasteiger partial charge in [-0.05, 0) is 35.7 Å². The maximum absolute atomic E-state index is 13.2. The second-order valence-electron chi connectivity index (χ2n) is 6.63. The minimum atomic E-state index is -0.130. The molecule has 25 heavy (non-hydrogen) atoms. The Balaban J connectivity index is 1.56. The number of carbonyl (C=O) groups excluding carboxylic acids is 1. The van der Waals surface area contributed by atoms with Gasteiger partial charge < -0.3 is 15.0 Å². The zero-order valence-electron chi connectivity index (χ0n) is 14.0. The third kappa shape index (κ3) is 3.37. The van der Waals surface area contributed by atoms with Crippen LogP contribution in [0.25, 0.3) is 0 Å². The number of hydrogen-bond donors (Lipinski definition) is 1. The molecule has 2 aromatic carbocycles. The van der Waals surface area contributed by atoms with Crippen LogP contribution in [0.5, 0.6) is 5.75 Å². The molecule has 1 fully saturated rings. The summed E-state index contributed by atoms with van der Waals surface area (Å²) in [7, 11) is 0. The number of ether oxygens (including phenoxy) is 1. The van der Waals surface area contributed by atoms with Crippen LogP contribution < -0.4 is 10.1 Å². The molecule has 2 atom stereocenters. The second kappa shape index (κ2) is 7.06. The Labute approximate surface area is 152 Å². The number of fused-ring (bicyclic) bond motifs is 1. The number of nitrogens with one attached hydrogen (secondary N) is 1. The van der Waals surface area contributed by atoms with E-state index >= 15 is 0 Å². The van der Waals surface area contributed by atoms with E-state index in [1.165, 1.54) is 0 Å². The summed E-state index contributed by atoms with van der Waals surface area (Å²) in [6.07, 6.45) is 0.737. The normalized spacial score (nSPS) is 22.8. The van der Waals surface area contributed by atoms with Crippen molar-refractivity contribution < 1.29 is 9.53 Å². The highest BCUT2D eigenvalue weighted by molar-refractivity contribution is 6.30. The van der Waals surface area contributed by atoms with E-state index in [-0.39, 0.29) is 17.9 Å². The molecule has 4 rings (SSSR count). The van der Waals surface area contributed by atoms with Gasteiger partial charge in [-0.25, -0.2) is 0 Å². The van der Waals surface area contributed by atoms with Gasteiger partial charge in [0.15, 0.2) is 0 Å². The molecule has 0 saturated carbocycles. The fraction of sp³-hybridized carbons (Fsp3) is 0.350. The molecule has 2 aliphatic heterocycles. The first-order valence-corrected chi connectivity index (χ1v) is 9.07. The fourth-order valence-corrected chi connectivity index (χ4v) is 3.90. The second-order valence-corrected chi connectivity index (χ2v) is 7.06. The highest BCUT2D eigenvalue weighted by atomic mass is 35.5. The van der Waals surface area contributed by atoms with Crippen LogP contribution in [0.2, 0.25) is 5.02 Å². The summed E-state index contributed by atoms with van der Waals surface area (Å²) in [6, 6.07) is 15.8. The summed E-state index contributed by atoms with van der Waals surface area (Å²) in [5.74, 6) is 0.939. The van der Waals surface area contributed by atoms with Crippen LogP contribution >= 0.6 is 11.6 Å². The molecule has 2 unspecified atom stereocenters. The topological polar surface area (TPSA) is 41.6 Å². The molecule has 0 aromatic heterocycles.